The zero-order valence-electron chi connectivity index (χ0n) is 12.4. The van der Waals surface area contributed by atoms with E-state index in [-0.39, 0.29) is 0 Å². The predicted molar refractivity (Wildman–Crippen MR) is 82.3 cm³/mol. The molecule has 2 rings (SSSR count). The highest BCUT2D eigenvalue weighted by atomic mass is 15.2. The maximum atomic E-state index is 3.70. The highest BCUT2D eigenvalue weighted by molar-refractivity contribution is 5.19. The van der Waals surface area contributed by atoms with Gasteiger partial charge in [-0.25, -0.2) is 0 Å². The Morgan fingerprint density at radius 1 is 1.21 bits per heavy atom. The molecule has 1 aliphatic rings. The smallest absolute Gasteiger partial charge is 0.0449 e. The van der Waals surface area contributed by atoms with Crippen LogP contribution in [0.4, 0.5) is 0 Å². The lowest BCUT2D eigenvalue weighted by Gasteiger charge is -2.33. The third-order valence-corrected chi connectivity index (χ3v) is 4.16. The number of rotatable bonds is 6. The van der Waals surface area contributed by atoms with Gasteiger partial charge in [0.15, 0.2) is 0 Å². The van der Waals surface area contributed by atoms with Crippen LogP contribution in [0.3, 0.4) is 0 Å². The molecule has 1 aliphatic heterocycles. The first kappa shape index (κ1) is 14.5. The third kappa shape index (κ3) is 4.63. The van der Waals surface area contributed by atoms with E-state index in [9.17, 15) is 0 Å². The minimum absolute atomic E-state index is 0.481. The largest absolute Gasteiger partial charge is 0.309 e. The third-order valence-electron chi connectivity index (χ3n) is 4.16. The Kier molecular flexibility index (Phi) is 5.87. The van der Waals surface area contributed by atoms with Crippen molar-refractivity contribution in [1.29, 1.82) is 0 Å². The van der Waals surface area contributed by atoms with Crippen molar-refractivity contribution >= 4 is 0 Å². The molecule has 0 bridgehead atoms. The lowest BCUT2D eigenvalue weighted by molar-refractivity contribution is 0.175. The van der Waals surface area contributed by atoms with Gasteiger partial charge in [0, 0.05) is 12.6 Å². The quantitative estimate of drug-likeness (QED) is 0.842. The SMILES string of the molecule is CCCNC(CN1CCC(C)CC1)c1ccccc1. The van der Waals surface area contributed by atoms with Gasteiger partial charge in [0.2, 0.25) is 0 Å². The van der Waals surface area contributed by atoms with Crippen molar-refractivity contribution in [3.8, 4) is 0 Å². The van der Waals surface area contributed by atoms with Crippen LogP contribution in [-0.4, -0.2) is 31.1 Å². The van der Waals surface area contributed by atoms with Gasteiger partial charge >= 0.3 is 0 Å². The minimum Gasteiger partial charge on any atom is -0.309 e. The first-order valence-electron chi connectivity index (χ1n) is 7.80. The van der Waals surface area contributed by atoms with Crippen LogP contribution in [-0.2, 0) is 0 Å². The zero-order valence-corrected chi connectivity index (χ0v) is 12.4. The molecule has 0 spiro atoms. The van der Waals surface area contributed by atoms with Crippen LogP contribution in [0.25, 0.3) is 0 Å². The number of hydrogen-bond donors (Lipinski definition) is 1. The summed E-state index contributed by atoms with van der Waals surface area (Å²) in [5.74, 6) is 0.912. The van der Waals surface area contributed by atoms with Gasteiger partial charge < -0.3 is 10.2 Å². The lowest BCUT2D eigenvalue weighted by Crippen LogP contribution is -2.39. The summed E-state index contributed by atoms with van der Waals surface area (Å²) in [5.41, 5.74) is 1.43. The van der Waals surface area contributed by atoms with Crippen molar-refractivity contribution in [2.24, 2.45) is 5.92 Å². The van der Waals surface area contributed by atoms with Crippen molar-refractivity contribution in [3.63, 3.8) is 0 Å². The molecule has 1 saturated heterocycles. The molecule has 2 heteroatoms. The molecule has 0 radical (unpaired) electrons. The van der Waals surface area contributed by atoms with Gasteiger partial charge in [0.25, 0.3) is 0 Å². The summed E-state index contributed by atoms with van der Waals surface area (Å²) in [7, 11) is 0. The van der Waals surface area contributed by atoms with E-state index < -0.39 is 0 Å². The number of benzene rings is 1. The second kappa shape index (κ2) is 7.66. The molecule has 0 amide bonds. The van der Waals surface area contributed by atoms with Crippen LogP contribution in [0.2, 0.25) is 0 Å². The standard InChI is InChI=1S/C17H28N2/c1-3-11-18-17(16-7-5-4-6-8-16)14-19-12-9-15(2)10-13-19/h4-8,15,17-18H,3,9-14H2,1-2H3. The molecule has 1 fully saturated rings. The van der Waals surface area contributed by atoms with Crippen LogP contribution < -0.4 is 5.32 Å². The molecule has 1 aromatic rings. The second-order valence-corrected chi connectivity index (χ2v) is 5.90. The highest BCUT2D eigenvalue weighted by Crippen LogP contribution is 2.20. The molecule has 1 aromatic carbocycles. The number of nitrogens with zero attached hydrogens (tertiary/aromatic N) is 1. The van der Waals surface area contributed by atoms with Crippen LogP contribution in [0.5, 0.6) is 0 Å². The monoisotopic (exact) mass is 260 g/mol. The van der Waals surface area contributed by atoms with Crippen LogP contribution in [0.15, 0.2) is 30.3 Å². The van der Waals surface area contributed by atoms with Crippen molar-refractivity contribution in [3.05, 3.63) is 35.9 Å². The summed E-state index contributed by atoms with van der Waals surface area (Å²) < 4.78 is 0. The fourth-order valence-corrected chi connectivity index (χ4v) is 2.79. The zero-order chi connectivity index (χ0) is 13.5. The maximum Gasteiger partial charge on any atom is 0.0449 e. The van der Waals surface area contributed by atoms with E-state index in [1.807, 2.05) is 0 Å². The van der Waals surface area contributed by atoms with Crippen molar-refractivity contribution in [1.82, 2.24) is 10.2 Å². The number of nitrogens with one attached hydrogen (secondary N) is 1. The summed E-state index contributed by atoms with van der Waals surface area (Å²) >= 11 is 0. The average Bonchev–Trinajstić information content (AvgIpc) is 2.46. The molecular formula is C17H28N2. The van der Waals surface area contributed by atoms with Crippen molar-refractivity contribution in [2.45, 2.75) is 39.2 Å². The van der Waals surface area contributed by atoms with Gasteiger partial charge in [-0.2, -0.15) is 0 Å². The Labute approximate surface area is 118 Å². The molecule has 0 aliphatic carbocycles. The number of piperidine rings is 1. The molecule has 1 N–H and O–H groups in total. The maximum absolute atomic E-state index is 3.70. The summed E-state index contributed by atoms with van der Waals surface area (Å²) in [6, 6.07) is 11.4. The van der Waals surface area contributed by atoms with E-state index in [2.05, 4.69) is 54.4 Å². The molecule has 0 aromatic heterocycles. The second-order valence-electron chi connectivity index (χ2n) is 5.90. The van der Waals surface area contributed by atoms with Gasteiger partial charge in [-0.15, -0.1) is 0 Å². The summed E-state index contributed by atoms with van der Waals surface area (Å²) in [6.07, 6.45) is 3.91. The Bertz CT molecular complexity index is 342. The number of likely N-dealkylation sites (tertiary alicyclic amines) is 1. The summed E-state index contributed by atoms with van der Waals surface area (Å²) in [6.45, 7) is 9.39. The van der Waals surface area contributed by atoms with Crippen molar-refractivity contribution in [2.75, 3.05) is 26.2 Å². The van der Waals surface area contributed by atoms with Crippen molar-refractivity contribution < 1.29 is 0 Å². The Morgan fingerprint density at radius 3 is 2.53 bits per heavy atom. The molecule has 1 atom stereocenters. The lowest BCUT2D eigenvalue weighted by atomic mass is 9.98. The molecule has 106 valence electrons. The van der Waals surface area contributed by atoms with E-state index in [1.54, 1.807) is 0 Å². The van der Waals surface area contributed by atoms with Gasteiger partial charge in [-0.1, -0.05) is 44.2 Å². The van der Waals surface area contributed by atoms with Gasteiger partial charge in [0.05, 0.1) is 0 Å². The summed E-state index contributed by atoms with van der Waals surface area (Å²) in [4.78, 5) is 2.63. The Hall–Kier alpha value is -0.860. The van der Waals surface area contributed by atoms with Gasteiger partial charge in [-0.3, -0.25) is 0 Å². The Balaban J connectivity index is 1.94. The first-order chi connectivity index (χ1) is 9.29. The normalized spacial score (nSPS) is 19.5. The highest BCUT2D eigenvalue weighted by Gasteiger charge is 2.19. The fraction of sp³-hybridized carbons (Fsp3) is 0.647. The molecule has 2 nitrogen and oxygen atoms in total. The molecule has 0 saturated carbocycles. The average molecular weight is 260 g/mol. The topological polar surface area (TPSA) is 15.3 Å². The first-order valence-corrected chi connectivity index (χ1v) is 7.80. The van der Waals surface area contributed by atoms with Crippen LogP contribution in [0, 0.1) is 5.92 Å². The van der Waals surface area contributed by atoms with Crippen LogP contribution >= 0.6 is 0 Å². The van der Waals surface area contributed by atoms with Gasteiger partial charge in [-0.05, 0) is 50.4 Å². The molecule has 1 heterocycles. The Morgan fingerprint density at radius 2 is 1.89 bits per heavy atom. The minimum atomic E-state index is 0.481. The predicted octanol–water partition coefficient (Wildman–Crippen LogP) is 3.46. The van der Waals surface area contributed by atoms with E-state index in [0.29, 0.717) is 6.04 Å². The van der Waals surface area contributed by atoms with E-state index in [4.69, 9.17) is 0 Å². The molecule has 19 heavy (non-hydrogen) atoms. The van der Waals surface area contributed by atoms with E-state index >= 15 is 0 Å². The summed E-state index contributed by atoms with van der Waals surface area (Å²) in [5, 5.41) is 3.70. The van der Waals surface area contributed by atoms with Crippen LogP contribution in [0.1, 0.15) is 44.7 Å². The van der Waals surface area contributed by atoms with Gasteiger partial charge in [0.1, 0.15) is 0 Å². The number of hydrogen-bond acceptors (Lipinski definition) is 2. The fourth-order valence-electron chi connectivity index (χ4n) is 2.79. The molecular weight excluding hydrogens is 232 g/mol. The van der Waals surface area contributed by atoms with E-state index in [1.165, 1.54) is 37.9 Å². The van der Waals surface area contributed by atoms with E-state index in [0.717, 1.165) is 19.0 Å². The molecule has 1 unspecified atom stereocenters.